The van der Waals surface area contributed by atoms with Crippen LogP contribution >= 0.6 is 0 Å². The molecule has 0 heterocycles. The number of rotatable bonds is 10. The maximum atomic E-state index is 11.8. The van der Waals surface area contributed by atoms with Crippen LogP contribution in [0.25, 0.3) is 0 Å². The lowest BCUT2D eigenvalue weighted by Crippen LogP contribution is -2.29. The second-order valence-corrected chi connectivity index (χ2v) is 6.93. The molecule has 8 heteroatoms. The van der Waals surface area contributed by atoms with Gasteiger partial charge >= 0.3 is 5.97 Å². The van der Waals surface area contributed by atoms with Gasteiger partial charge < -0.3 is 10.1 Å². The zero-order valence-electron chi connectivity index (χ0n) is 14.0. The van der Waals surface area contributed by atoms with Crippen LogP contribution in [-0.2, 0) is 19.6 Å². The molecule has 7 nitrogen and oxygen atoms in total. The van der Waals surface area contributed by atoms with Gasteiger partial charge in [-0.15, -0.1) is 0 Å². The second kappa shape index (κ2) is 10.0. The van der Waals surface area contributed by atoms with Crippen LogP contribution in [0.4, 0.5) is 0 Å². The molecular formula is C16H24N2O5S. The van der Waals surface area contributed by atoms with Gasteiger partial charge in [0.1, 0.15) is 0 Å². The number of nitrogens with one attached hydrogen (secondary N) is 2. The van der Waals surface area contributed by atoms with Gasteiger partial charge in [-0.1, -0.05) is 26.7 Å². The molecular weight excluding hydrogens is 332 g/mol. The van der Waals surface area contributed by atoms with E-state index in [9.17, 15) is 18.0 Å². The van der Waals surface area contributed by atoms with Crippen LogP contribution < -0.4 is 10.0 Å². The van der Waals surface area contributed by atoms with Crippen molar-refractivity contribution < 1.29 is 22.7 Å². The van der Waals surface area contributed by atoms with Crippen molar-refractivity contribution in [3.05, 3.63) is 29.8 Å². The van der Waals surface area contributed by atoms with Crippen molar-refractivity contribution in [2.24, 2.45) is 0 Å². The highest BCUT2D eigenvalue weighted by atomic mass is 32.2. The smallest absolute Gasteiger partial charge is 0.338 e. The standard InChI is InChI=1S/C16H24N2O5S/c1-3-5-6-11-17-15(19)12-23-16(20)13-7-9-14(10-8-13)24(21,22)18-4-2/h7-10,18H,3-6,11-12H2,1-2H3,(H,17,19). The van der Waals surface area contributed by atoms with Crippen LogP contribution in [0.5, 0.6) is 0 Å². The van der Waals surface area contributed by atoms with Gasteiger partial charge in [0.05, 0.1) is 10.5 Å². The number of carbonyl (C=O) groups is 2. The first-order valence-corrected chi connectivity index (χ1v) is 9.42. The predicted molar refractivity (Wildman–Crippen MR) is 90.1 cm³/mol. The summed E-state index contributed by atoms with van der Waals surface area (Å²) >= 11 is 0. The molecule has 0 aromatic heterocycles. The molecule has 0 unspecified atom stereocenters. The quantitative estimate of drug-likeness (QED) is 0.488. The molecule has 0 aliphatic carbocycles. The van der Waals surface area contributed by atoms with Gasteiger partial charge in [0.25, 0.3) is 5.91 Å². The topological polar surface area (TPSA) is 102 Å². The van der Waals surface area contributed by atoms with Crippen LogP contribution in [0.3, 0.4) is 0 Å². The average molecular weight is 356 g/mol. The average Bonchev–Trinajstić information content (AvgIpc) is 2.56. The van der Waals surface area contributed by atoms with Crippen LogP contribution in [0.2, 0.25) is 0 Å². The summed E-state index contributed by atoms with van der Waals surface area (Å²) in [5.41, 5.74) is 0.184. The summed E-state index contributed by atoms with van der Waals surface area (Å²) in [6.07, 6.45) is 2.98. The first-order valence-electron chi connectivity index (χ1n) is 7.94. The maximum Gasteiger partial charge on any atom is 0.338 e. The third-order valence-electron chi connectivity index (χ3n) is 3.17. The summed E-state index contributed by atoms with van der Waals surface area (Å²) in [7, 11) is -3.56. The molecule has 0 spiro atoms. The summed E-state index contributed by atoms with van der Waals surface area (Å²) in [5.74, 6) is -1.03. The van der Waals surface area contributed by atoms with Gasteiger partial charge in [0.2, 0.25) is 10.0 Å². The van der Waals surface area contributed by atoms with E-state index in [2.05, 4.69) is 17.0 Å². The summed E-state index contributed by atoms with van der Waals surface area (Å²) < 4.78 is 30.9. The van der Waals surface area contributed by atoms with E-state index < -0.39 is 16.0 Å². The summed E-state index contributed by atoms with van der Waals surface area (Å²) in [6, 6.07) is 5.34. The van der Waals surface area contributed by atoms with Crippen molar-refractivity contribution in [2.75, 3.05) is 19.7 Å². The zero-order valence-corrected chi connectivity index (χ0v) is 14.8. The predicted octanol–water partition coefficient (Wildman–Crippen LogP) is 1.45. The number of hydrogen-bond acceptors (Lipinski definition) is 5. The Hall–Kier alpha value is -1.93. The molecule has 24 heavy (non-hydrogen) atoms. The van der Waals surface area contributed by atoms with Crippen LogP contribution in [-0.4, -0.2) is 40.0 Å². The first-order chi connectivity index (χ1) is 11.4. The number of sulfonamides is 1. The number of unbranched alkanes of at least 4 members (excludes halogenated alkanes) is 2. The van der Waals surface area contributed by atoms with Crippen molar-refractivity contribution in [3.8, 4) is 0 Å². The number of hydrogen-bond donors (Lipinski definition) is 2. The molecule has 1 rings (SSSR count). The SMILES string of the molecule is CCCCCNC(=O)COC(=O)c1ccc(S(=O)(=O)NCC)cc1. The molecule has 1 aromatic carbocycles. The van der Waals surface area contributed by atoms with E-state index in [0.717, 1.165) is 19.3 Å². The second-order valence-electron chi connectivity index (χ2n) is 5.16. The molecule has 134 valence electrons. The molecule has 0 aliphatic heterocycles. The highest BCUT2D eigenvalue weighted by Crippen LogP contribution is 2.11. The van der Waals surface area contributed by atoms with E-state index in [4.69, 9.17) is 4.74 Å². The molecule has 0 bridgehead atoms. The molecule has 0 fully saturated rings. The van der Waals surface area contributed by atoms with E-state index in [0.29, 0.717) is 6.54 Å². The fourth-order valence-electron chi connectivity index (χ4n) is 1.91. The number of carbonyl (C=O) groups excluding carboxylic acids is 2. The summed E-state index contributed by atoms with van der Waals surface area (Å²) in [5, 5.41) is 2.66. The van der Waals surface area contributed by atoms with Gasteiger partial charge in [-0.3, -0.25) is 4.79 Å². The van der Waals surface area contributed by atoms with Gasteiger partial charge in [0, 0.05) is 13.1 Å². The Morgan fingerprint density at radius 2 is 1.75 bits per heavy atom. The molecule has 0 atom stereocenters. The maximum absolute atomic E-state index is 11.8. The molecule has 0 saturated heterocycles. The normalized spacial score (nSPS) is 11.1. The van der Waals surface area contributed by atoms with Gasteiger partial charge in [-0.05, 0) is 30.7 Å². The number of benzene rings is 1. The largest absolute Gasteiger partial charge is 0.452 e. The van der Waals surface area contributed by atoms with Gasteiger partial charge in [-0.25, -0.2) is 17.9 Å². The third kappa shape index (κ3) is 6.67. The lowest BCUT2D eigenvalue weighted by molar-refractivity contribution is -0.124. The fourth-order valence-corrected chi connectivity index (χ4v) is 2.95. The van der Waals surface area contributed by atoms with E-state index in [-0.39, 0.29) is 29.5 Å². The third-order valence-corrected chi connectivity index (χ3v) is 4.73. The number of esters is 1. The highest BCUT2D eigenvalue weighted by Gasteiger charge is 2.15. The van der Waals surface area contributed by atoms with Crippen LogP contribution in [0.1, 0.15) is 43.5 Å². The van der Waals surface area contributed by atoms with Crippen LogP contribution in [0, 0.1) is 0 Å². The first kappa shape index (κ1) is 20.1. The number of ether oxygens (including phenoxy) is 1. The van der Waals surface area contributed by atoms with Crippen molar-refractivity contribution in [1.82, 2.24) is 10.0 Å². The van der Waals surface area contributed by atoms with E-state index in [1.807, 2.05) is 0 Å². The Kier molecular flexibility index (Phi) is 8.42. The van der Waals surface area contributed by atoms with Crippen molar-refractivity contribution in [2.45, 2.75) is 38.0 Å². The molecule has 1 amide bonds. The molecule has 1 aromatic rings. The van der Waals surface area contributed by atoms with Crippen molar-refractivity contribution in [3.63, 3.8) is 0 Å². The summed E-state index contributed by atoms with van der Waals surface area (Å²) in [6.45, 7) is 4.22. The minimum Gasteiger partial charge on any atom is -0.452 e. The Morgan fingerprint density at radius 3 is 2.33 bits per heavy atom. The number of amides is 1. The molecule has 2 N–H and O–H groups in total. The molecule has 0 radical (unpaired) electrons. The van der Waals surface area contributed by atoms with Gasteiger partial charge in [0.15, 0.2) is 6.61 Å². The Bertz CT molecular complexity index is 641. The minimum absolute atomic E-state index is 0.0644. The van der Waals surface area contributed by atoms with E-state index in [1.165, 1.54) is 24.3 Å². The Balaban J connectivity index is 2.50. The molecule has 0 saturated carbocycles. The Labute approximate surface area is 142 Å². The van der Waals surface area contributed by atoms with E-state index >= 15 is 0 Å². The minimum atomic E-state index is -3.56. The van der Waals surface area contributed by atoms with Crippen LogP contribution in [0.15, 0.2) is 29.2 Å². The zero-order chi connectivity index (χ0) is 18.0. The lowest BCUT2D eigenvalue weighted by Gasteiger charge is -2.07. The lowest BCUT2D eigenvalue weighted by atomic mass is 10.2. The van der Waals surface area contributed by atoms with Gasteiger partial charge in [-0.2, -0.15) is 0 Å². The summed E-state index contributed by atoms with van der Waals surface area (Å²) in [4.78, 5) is 23.4. The molecule has 0 aliphatic rings. The highest BCUT2D eigenvalue weighted by molar-refractivity contribution is 7.89. The Morgan fingerprint density at radius 1 is 1.08 bits per heavy atom. The van der Waals surface area contributed by atoms with Crippen molar-refractivity contribution >= 4 is 21.9 Å². The van der Waals surface area contributed by atoms with Crippen molar-refractivity contribution in [1.29, 1.82) is 0 Å². The monoisotopic (exact) mass is 356 g/mol. The van der Waals surface area contributed by atoms with E-state index in [1.54, 1.807) is 6.92 Å². The fraction of sp³-hybridized carbons (Fsp3) is 0.500.